The number of piperazine rings is 1. The molecule has 11 nitrogen and oxygen atoms in total. The van der Waals surface area contributed by atoms with Crippen LogP contribution in [0, 0.1) is 0 Å². The minimum atomic E-state index is -0.609. The van der Waals surface area contributed by atoms with Gasteiger partial charge in [0.05, 0.1) is 6.42 Å². The van der Waals surface area contributed by atoms with Gasteiger partial charge in [-0.2, -0.15) is 0 Å². The SMILES string of the molecule is CN1CCC(N2CCN(C(=O)Nc3cc(Oc4ccc(NC(=O)NC(=O)Cc5ccccc5)cc4)ccn3)CC2)CC1. The maximum atomic E-state index is 12.9. The van der Waals surface area contributed by atoms with Gasteiger partial charge in [-0.05, 0) is 68.9 Å². The fraction of sp³-hybridized carbons (Fsp3) is 0.355. The van der Waals surface area contributed by atoms with Crippen molar-refractivity contribution in [1.29, 1.82) is 0 Å². The summed E-state index contributed by atoms with van der Waals surface area (Å²) in [6.45, 7) is 5.41. The Morgan fingerprint density at radius 2 is 1.57 bits per heavy atom. The smallest absolute Gasteiger partial charge is 0.325 e. The highest BCUT2D eigenvalue weighted by molar-refractivity contribution is 6.01. The number of anilines is 2. The second-order valence-corrected chi connectivity index (χ2v) is 10.7. The van der Waals surface area contributed by atoms with Crippen molar-refractivity contribution in [1.82, 2.24) is 25.0 Å². The van der Waals surface area contributed by atoms with Crippen LogP contribution < -0.4 is 20.7 Å². The van der Waals surface area contributed by atoms with Crippen LogP contribution in [0.15, 0.2) is 72.9 Å². The number of imide groups is 1. The average Bonchev–Trinajstić information content (AvgIpc) is 2.99. The van der Waals surface area contributed by atoms with Gasteiger partial charge < -0.3 is 19.9 Å². The lowest BCUT2D eigenvalue weighted by molar-refractivity contribution is -0.119. The summed E-state index contributed by atoms with van der Waals surface area (Å²) >= 11 is 0. The normalized spacial score (nSPS) is 16.5. The second-order valence-electron chi connectivity index (χ2n) is 10.7. The monoisotopic (exact) mass is 571 g/mol. The number of carbonyl (C=O) groups is 3. The quantitative estimate of drug-likeness (QED) is 0.392. The predicted molar refractivity (Wildman–Crippen MR) is 161 cm³/mol. The summed E-state index contributed by atoms with van der Waals surface area (Å²) in [5.41, 5.74) is 1.33. The summed E-state index contributed by atoms with van der Waals surface area (Å²) in [4.78, 5) is 48.2. The molecule has 42 heavy (non-hydrogen) atoms. The first-order chi connectivity index (χ1) is 20.4. The van der Waals surface area contributed by atoms with Gasteiger partial charge in [0.15, 0.2) is 0 Å². The fourth-order valence-corrected chi connectivity index (χ4v) is 5.24. The van der Waals surface area contributed by atoms with Crippen molar-refractivity contribution in [3.8, 4) is 11.5 Å². The molecule has 5 amide bonds. The zero-order valence-electron chi connectivity index (χ0n) is 23.8. The van der Waals surface area contributed by atoms with Crippen molar-refractivity contribution in [3.63, 3.8) is 0 Å². The molecule has 1 aromatic heterocycles. The van der Waals surface area contributed by atoms with E-state index in [1.165, 1.54) is 12.8 Å². The third-order valence-corrected chi connectivity index (χ3v) is 7.58. The van der Waals surface area contributed by atoms with Crippen LogP contribution in [0.4, 0.5) is 21.1 Å². The first kappa shape index (κ1) is 29.0. The minimum absolute atomic E-state index is 0.116. The summed E-state index contributed by atoms with van der Waals surface area (Å²) in [5.74, 6) is 1.06. The molecule has 0 unspecified atom stereocenters. The van der Waals surface area contributed by atoms with E-state index in [0.29, 0.717) is 42.1 Å². The van der Waals surface area contributed by atoms with E-state index in [2.05, 4.69) is 37.8 Å². The highest BCUT2D eigenvalue weighted by atomic mass is 16.5. The van der Waals surface area contributed by atoms with Gasteiger partial charge >= 0.3 is 12.1 Å². The summed E-state index contributed by atoms with van der Waals surface area (Å²) in [6, 6.07) is 19.2. The van der Waals surface area contributed by atoms with Crippen LogP contribution in [0.1, 0.15) is 18.4 Å². The van der Waals surface area contributed by atoms with Crippen LogP contribution in [0.3, 0.4) is 0 Å². The van der Waals surface area contributed by atoms with E-state index in [9.17, 15) is 14.4 Å². The van der Waals surface area contributed by atoms with E-state index in [1.54, 1.807) is 42.6 Å². The van der Waals surface area contributed by atoms with Crippen molar-refractivity contribution in [2.75, 3.05) is 56.9 Å². The molecule has 0 aliphatic carbocycles. The van der Waals surface area contributed by atoms with Gasteiger partial charge in [-0.1, -0.05) is 30.3 Å². The van der Waals surface area contributed by atoms with Crippen LogP contribution in [-0.4, -0.2) is 90.0 Å². The number of rotatable bonds is 7. The number of amides is 5. The van der Waals surface area contributed by atoms with Crippen molar-refractivity contribution in [3.05, 3.63) is 78.5 Å². The maximum Gasteiger partial charge on any atom is 0.325 e. The number of ether oxygens (including phenoxy) is 1. The summed E-state index contributed by atoms with van der Waals surface area (Å²) in [7, 11) is 2.17. The molecule has 3 heterocycles. The van der Waals surface area contributed by atoms with Gasteiger partial charge in [0.25, 0.3) is 0 Å². The Morgan fingerprint density at radius 1 is 0.857 bits per heavy atom. The molecule has 2 aliphatic heterocycles. The number of likely N-dealkylation sites (tertiary alicyclic amines) is 1. The first-order valence-electron chi connectivity index (χ1n) is 14.3. The third kappa shape index (κ3) is 8.27. The third-order valence-electron chi connectivity index (χ3n) is 7.58. The number of hydrogen-bond acceptors (Lipinski definition) is 7. The molecule has 0 radical (unpaired) electrons. The van der Waals surface area contributed by atoms with E-state index in [-0.39, 0.29) is 12.5 Å². The van der Waals surface area contributed by atoms with Crippen LogP contribution in [-0.2, 0) is 11.2 Å². The number of hydrogen-bond donors (Lipinski definition) is 3. The first-order valence-corrected chi connectivity index (χ1v) is 14.3. The zero-order chi connectivity index (χ0) is 29.3. The zero-order valence-corrected chi connectivity index (χ0v) is 23.8. The van der Waals surface area contributed by atoms with Gasteiger partial charge in [-0.25, -0.2) is 14.6 Å². The molecule has 2 saturated heterocycles. The second kappa shape index (κ2) is 13.9. The van der Waals surface area contributed by atoms with Gasteiger partial charge in [-0.15, -0.1) is 0 Å². The number of benzene rings is 2. The molecule has 0 atom stereocenters. The summed E-state index contributed by atoms with van der Waals surface area (Å²) < 4.78 is 5.93. The number of pyridine rings is 1. The molecule has 3 aromatic rings. The number of carbonyl (C=O) groups excluding carboxylic acids is 3. The van der Waals surface area contributed by atoms with Crippen LogP contribution in [0.5, 0.6) is 11.5 Å². The molecule has 3 N–H and O–H groups in total. The molecule has 0 spiro atoms. The molecule has 2 aromatic carbocycles. The van der Waals surface area contributed by atoms with Crippen molar-refractivity contribution >= 4 is 29.5 Å². The molecule has 5 rings (SSSR count). The van der Waals surface area contributed by atoms with Crippen LogP contribution in [0.2, 0.25) is 0 Å². The highest BCUT2D eigenvalue weighted by Gasteiger charge is 2.28. The van der Waals surface area contributed by atoms with Crippen molar-refractivity contribution < 1.29 is 19.1 Å². The summed E-state index contributed by atoms with van der Waals surface area (Å²) in [5, 5.41) is 7.86. The van der Waals surface area contributed by atoms with Gasteiger partial charge in [0, 0.05) is 50.2 Å². The molecular weight excluding hydrogens is 534 g/mol. The molecular formula is C31H37N7O4. The summed E-state index contributed by atoms with van der Waals surface area (Å²) in [6.07, 6.45) is 4.06. The lowest BCUT2D eigenvalue weighted by atomic mass is 10.0. The highest BCUT2D eigenvalue weighted by Crippen LogP contribution is 2.25. The number of nitrogens with zero attached hydrogens (tertiary/aromatic N) is 4. The Hall–Kier alpha value is -4.48. The lowest BCUT2D eigenvalue weighted by Gasteiger charge is -2.42. The van der Waals surface area contributed by atoms with Gasteiger partial charge in [-0.3, -0.25) is 20.3 Å². The van der Waals surface area contributed by atoms with Gasteiger partial charge in [0.1, 0.15) is 17.3 Å². The van der Waals surface area contributed by atoms with Crippen molar-refractivity contribution in [2.24, 2.45) is 0 Å². The Labute approximate surface area is 245 Å². The molecule has 11 heteroatoms. The van der Waals surface area contributed by atoms with E-state index in [1.807, 2.05) is 35.2 Å². The fourth-order valence-electron chi connectivity index (χ4n) is 5.24. The Balaban J connectivity index is 1.06. The molecule has 2 aliphatic rings. The van der Waals surface area contributed by atoms with E-state index >= 15 is 0 Å². The lowest BCUT2D eigenvalue weighted by Crippen LogP contribution is -2.54. The number of urea groups is 2. The molecule has 2 fully saturated rings. The number of nitrogens with one attached hydrogen (secondary N) is 3. The van der Waals surface area contributed by atoms with Crippen LogP contribution >= 0.6 is 0 Å². The van der Waals surface area contributed by atoms with Gasteiger partial charge in [0.2, 0.25) is 5.91 Å². The predicted octanol–water partition coefficient (Wildman–Crippen LogP) is 4.01. The maximum absolute atomic E-state index is 12.9. The molecule has 0 bridgehead atoms. The minimum Gasteiger partial charge on any atom is -0.457 e. The largest absolute Gasteiger partial charge is 0.457 e. The standard InChI is InChI=1S/C31H37N7O4/c1-36-15-12-25(13-16-36)37-17-19-38(20-18-37)31(41)34-28-22-27(11-14-32-28)42-26-9-7-24(8-10-26)33-30(40)35-29(39)21-23-5-3-2-4-6-23/h2-11,14,22,25H,12-13,15-21H2,1H3,(H,32,34,41)(H2,33,35,39,40). The Morgan fingerprint density at radius 3 is 2.29 bits per heavy atom. The van der Waals surface area contributed by atoms with Crippen molar-refractivity contribution in [2.45, 2.75) is 25.3 Å². The Kier molecular flexibility index (Phi) is 9.62. The number of aromatic nitrogens is 1. The molecule has 0 saturated carbocycles. The van der Waals surface area contributed by atoms with Crippen LogP contribution in [0.25, 0.3) is 0 Å². The average molecular weight is 572 g/mol. The molecule has 220 valence electrons. The van der Waals surface area contributed by atoms with E-state index in [4.69, 9.17) is 4.74 Å². The topological polar surface area (TPSA) is 119 Å². The Bertz CT molecular complexity index is 1350. The van der Waals surface area contributed by atoms with E-state index < -0.39 is 11.9 Å². The van der Waals surface area contributed by atoms with E-state index in [0.717, 1.165) is 31.7 Å². The number of piperidine rings is 1.